The van der Waals surface area contributed by atoms with E-state index in [2.05, 4.69) is 16.3 Å². The van der Waals surface area contributed by atoms with Crippen molar-refractivity contribution in [3.8, 4) is 5.75 Å². The van der Waals surface area contributed by atoms with Gasteiger partial charge in [-0.05, 0) is 30.7 Å². The van der Waals surface area contributed by atoms with Crippen molar-refractivity contribution in [3.05, 3.63) is 65.5 Å². The van der Waals surface area contributed by atoms with Crippen molar-refractivity contribution in [3.63, 3.8) is 0 Å². The molecular weight excluding hydrogens is 291 g/mol. The molecule has 3 rings (SSSR count). The first-order valence-electron chi connectivity index (χ1n) is 8.21. The Hall–Kier alpha value is -1.91. The van der Waals surface area contributed by atoms with Crippen LogP contribution in [0.5, 0.6) is 5.75 Å². The standard InChI is InChI=1S/C19H23FN2O/c1-2-23-18-6-4-3-5-17(18)19(22-13-11-21-12-14-22)15-7-9-16(20)10-8-15/h3-10,19,21H,2,11-14H2,1H3. The summed E-state index contributed by atoms with van der Waals surface area (Å²) >= 11 is 0. The third-order valence-corrected chi connectivity index (χ3v) is 4.22. The van der Waals surface area contributed by atoms with Crippen LogP contribution in [0.4, 0.5) is 4.39 Å². The van der Waals surface area contributed by atoms with E-state index in [0.29, 0.717) is 6.61 Å². The second-order valence-corrected chi connectivity index (χ2v) is 5.71. The maximum Gasteiger partial charge on any atom is 0.124 e. The van der Waals surface area contributed by atoms with Gasteiger partial charge in [0.25, 0.3) is 0 Å². The van der Waals surface area contributed by atoms with E-state index < -0.39 is 0 Å². The highest BCUT2D eigenvalue weighted by atomic mass is 19.1. The molecule has 1 N–H and O–H groups in total. The van der Waals surface area contributed by atoms with Crippen molar-refractivity contribution in [2.45, 2.75) is 13.0 Å². The van der Waals surface area contributed by atoms with Crippen molar-refractivity contribution in [2.75, 3.05) is 32.8 Å². The van der Waals surface area contributed by atoms with Crippen LogP contribution >= 0.6 is 0 Å². The number of para-hydroxylation sites is 1. The second kappa shape index (κ2) is 7.57. The molecule has 1 aliphatic heterocycles. The molecule has 4 heteroatoms. The van der Waals surface area contributed by atoms with Crippen molar-refractivity contribution < 1.29 is 9.13 Å². The molecule has 0 bridgehead atoms. The normalized spacial score (nSPS) is 17.0. The first kappa shape index (κ1) is 16.0. The van der Waals surface area contributed by atoms with E-state index >= 15 is 0 Å². The van der Waals surface area contributed by atoms with E-state index in [-0.39, 0.29) is 11.9 Å². The molecule has 0 amide bonds. The van der Waals surface area contributed by atoms with Gasteiger partial charge in [0, 0.05) is 31.7 Å². The first-order chi connectivity index (χ1) is 11.3. The molecule has 2 aromatic carbocycles. The minimum atomic E-state index is -0.203. The van der Waals surface area contributed by atoms with Gasteiger partial charge in [0.05, 0.1) is 12.6 Å². The molecule has 1 aliphatic rings. The van der Waals surface area contributed by atoms with Gasteiger partial charge in [0.1, 0.15) is 11.6 Å². The molecule has 2 aromatic rings. The molecule has 1 saturated heterocycles. The zero-order valence-electron chi connectivity index (χ0n) is 13.5. The highest BCUT2D eigenvalue weighted by molar-refractivity contribution is 5.42. The fourth-order valence-corrected chi connectivity index (χ4v) is 3.17. The fourth-order valence-electron chi connectivity index (χ4n) is 3.17. The largest absolute Gasteiger partial charge is 0.494 e. The lowest BCUT2D eigenvalue weighted by atomic mass is 9.95. The van der Waals surface area contributed by atoms with Crippen LogP contribution in [0.2, 0.25) is 0 Å². The number of rotatable bonds is 5. The van der Waals surface area contributed by atoms with Crippen LogP contribution in [0.15, 0.2) is 48.5 Å². The van der Waals surface area contributed by atoms with Crippen LogP contribution in [0.25, 0.3) is 0 Å². The van der Waals surface area contributed by atoms with E-state index in [1.165, 1.54) is 12.1 Å². The zero-order chi connectivity index (χ0) is 16.1. The van der Waals surface area contributed by atoms with Gasteiger partial charge >= 0.3 is 0 Å². The molecule has 1 fully saturated rings. The van der Waals surface area contributed by atoms with E-state index in [4.69, 9.17) is 4.74 Å². The van der Waals surface area contributed by atoms with E-state index in [9.17, 15) is 4.39 Å². The maximum absolute atomic E-state index is 13.3. The number of nitrogens with zero attached hydrogens (tertiary/aromatic N) is 1. The SMILES string of the molecule is CCOc1ccccc1C(c1ccc(F)cc1)N1CCNCC1. The number of benzene rings is 2. The number of nitrogens with one attached hydrogen (secondary N) is 1. The van der Waals surface area contributed by atoms with Crippen LogP contribution in [-0.4, -0.2) is 37.7 Å². The molecule has 1 unspecified atom stereocenters. The number of halogens is 1. The highest BCUT2D eigenvalue weighted by Crippen LogP contribution is 2.35. The molecule has 122 valence electrons. The lowest BCUT2D eigenvalue weighted by molar-refractivity contribution is 0.194. The summed E-state index contributed by atoms with van der Waals surface area (Å²) in [5.74, 6) is 0.703. The van der Waals surface area contributed by atoms with Gasteiger partial charge in [-0.3, -0.25) is 4.90 Å². The van der Waals surface area contributed by atoms with Gasteiger partial charge in [0.15, 0.2) is 0 Å². The molecule has 0 aromatic heterocycles. The topological polar surface area (TPSA) is 24.5 Å². The molecule has 0 radical (unpaired) electrons. The molecular formula is C19H23FN2O. The Kier molecular flexibility index (Phi) is 5.26. The summed E-state index contributed by atoms with van der Waals surface area (Å²) in [6.07, 6.45) is 0. The lowest BCUT2D eigenvalue weighted by Crippen LogP contribution is -2.45. The van der Waals surface area contributed by atoms with Gasteiger partial charge < -0.3 is 10.1 Å². The van der Waals surface area contributed by atoms with Crippen molar-refractivity contribution in [2.24, 2.45) is 0 Å². The summed E-state index contributed by atoms with van der Waals surface area (Å²) in [5.41, 5.74) is 2.24. The van der Waals surface area contributed by atoms with Crippen LogP contribution < -0.4 is 10.1 Å². The first-order valence-corrected chi connectivity index (χ1v) is 8.21. The summed E-state index contributed by atoms with van der Waals surface area (Å²) in [7, 11) is 0. The number of piperazine rings is 1. The number of hydrogen-bond donors (Lipinski definition) is 1. The zero-order valence-corrected chi connectivity index (χ0v) is 13.5. The Balaban J connectivity index is 2.02. The van der Waals surface area contributed by atoms with Gasteiger partial charge in [-0.1, -0.05) is 30.3 Å². The van der Waals surface area contributed by atoms with Crippen LogP contribution in [0.3, 0.4) is 0 Å². The van der Waals surface area contributed by atoms with Gasteiger partial charge in [0.2, 0.25) is 0 Å². The smallest absolute Gasteiger partial charge is 0.124 e. The summed E-state index contributed by atoms with van der Waals surface area (Å²) in [5, 5.41) is 3.39. The monoisotopic (exact) mass is 314 g/mol. The Labute approximate surface area is 137 Å². The average Bonchev–Trinajstić information content (AvgIpc) is 2.60. The molecule has 23 heavy (non-hydrogen) atoms. The molecule has 0 spiro atoms. The Morgan fingerprint density at radius 2 is 1.78 bits per heavy atom. The Bertz CT molecular complexity index is 624. The third kappa shape index (κ3) is 3.71. The average molecular weight is 314 g/mol. The molecule has 1 atom stereocenters. The van der Waals surface area contributed by atoms with Crippen LogP contribution in [-0.2, 0) is 0 Å². The van der Waals surface area contributed by atoms with Crippen LogP contribution in [0, 0.1) is 5.82 Å². The minimum Gasteiger partial charge on any atom is -0.494 e. The fraction of sp³-hybridized carbons (Fsp3) is 0.368. The summed E-state index contributed by atoms with van der Waals surface area (Å²) in [6, 6.07) is 15.1. The minimum absolute atomic E-state index is 0.0837. The van der Waals surface area contributed by atoms with Crippen molar-refractivity contribution in [1.29, 1.82) is 0 Å². The quantitative estimate of drug-likeness (QED) is 0.917. The number of hydrogen-bond acceptors (Lipinski definition) is 3. The molecule has 0 saturated carbocycles. The van der Waals surface area contributed by atoms with E-state index in [1.807, 2.05) is 37.3 Å². The molecule has 1 heterocycles. The van der Waals surface area contributed by atoms with Gasteiger partial charge in [-0.2, -0.15) is 0 Å². The van der Waals surface area contributed by atoms with Gasteiger partial charge in [-0.15, -0.1) is 0 Å². The maximum atomic E-state index is 13.3. The molecule has 3 nitrogen and oxygen atoms in total. The van der Waals surface area contributed by atoms with E-state index in [0.717, 1.165) is 43.1 Å². The lowest BCUT2D eigenvalue weighted by Gasteiger charge is -2.36. The van der Waals surface area contributed by atoms with E-state index in [1.54, 1.807) is 0 Å². The third-order valence-electron chi connectivity index (χ3n) is 4.22. The summed E-state index contributed by atoms with van der Waals surface area (Å²) in [6.45, 7) is 6.48. The Morgan fingerprint density at radius 1 is 1.09 bits per heavy atom. The summed E-state index contributed by atoms with van der Waals surface area (Å²) in [4.78, 5) is 2.43. The highest BCUT2D eigenvalue weighted by Gasteiger charge is 2.26. The van der Waals surface area contributed by atoms with Crippen molar-refractivity contribution in [1.82, 2.24) is 10.2 Å². The predicted octanol–water partition coefficient (Wildman–Crippen LogP) is 3.22. The summed E-state index contributed by atoms with van der Waals surface area (Å²) < 4.78 is 19.2. The van der Waals surface area contributed by atoms with Crippen LogP contribution in [0.1, 0.15) is 24.1 Å². The second-order valence-electron chi connectivity index (χ2n) is 5.71. The van der Waals surface area contributed by atoms with Gasteiger partial charge in [-0.25, -0.2) is 4.39 Å². The Morgan fingerprint density at radius 3 is 2.48 bits per heavy atom. The number of ether oxygens (including phenoxy) is 1. The molecule has 0 aliphatic carbocycles. The predicted molar refractivity (Wildman–Crippen MR) is 90.3 cm³/mol. The van der Waals surface area contributed by atoms with Crippen molar-refractivity contribution >= 4 is 0 Å².